The van der Waals surface area contributed by atoms with Crippen molar-refractivity contribution in [2.24, 2.45) is 17.2 Å². The number of aliphatic hydroxyl groups excluding tert-OH is 4. The summed E-state index contributed by atoms with van der Waals surface area (Å²) in [6.45, 7) is 2.79. The van der Waals surface area contributed by atoms with Gasteiger partial charge in [-0.3, -0.25) is 43.2 Å². The largest absolute Gasteiger partial charge is 0.479 e. The van der Waals surface area contributed by atoms with Crippen molar-refractivity contribution in [3.8, 4) is 0 Å². The Morgan fingerprint density at radius 2 is 1.16 bits per heavy atom. The van der Waals surface area contributed by atoms with Gasteiger partial charge in [0.1, 0.15) is 60.9 Å². The summed E-state index contributed by atoms with van der Waals surface area (Å²) in [5.74, 6) is -15.6. The maximum absolute atomic E-state index is 14.1. The maximum atomic E-state index is 14.1. The number of aliphatic hydroxyl groups is 4. The molecule has 1 aliphatic heterocycles. The van der Waals surface area contributed by atoms with Gasteiger partial charge in [-0.1, -0.05) is 70.8 Å². The van der Waals surface area contributed by atoms with E-state index in [4.69, 9.17) is 33.5 Å². The lowest BCUT2D eigenvalue weighted by Crippen LogP contribution is -2.62. The number of nitrogens with two attached hydrogens (primary N) is 3. The number of carboxylic acid groups (broad SMARTS) is 1. The molecule has 82 heavy (non-hydrogen) atoms. The molecule has 0 aromatic rings. The van der Waals surface area contributed by atoms with Crippen molar-refractivity contribution in [2.45, 2.75) is 203 Å². The monoisotopic (exact) mass is 1190 g/mol. The minimum absolute atomic E-state index is 0.127. The first-order valence-corrected chi connectivity index (χ1v) is 28.1. The minimum Gasteiger partial charge on any atom is -0.479 e. The number of ether oxygens (including phenoxy) is 1. The van der Waals surface area contributed by atoms with E-state index >= 15 is 0 Å². The van der Waals surface area contributed by atoms with E-state index in [1.807, 2.05) is 10.6 Å². The molecule has 30 nitrogen and oxygen atoms in total. The van der Waals surface area contributed by atoms with Gasteiger partial charge in [0.2, 0.25) is 47.3 Å². The Bertz CT molecular complexity index is 2140. The number of alkyl halides is 1. The SMILES string of the molecule is C/C=C1/NC(=O)[C@H]([C@H](C)O)NC(=O)[C@H](CCN)NC(=O)[C@H](CCCCN)NC(=O)[C@H](CC=O)NC(=O)[C@@H](CCN)NC(=O)[C@@H](NC(=O)C[C@@H](O)CCCCCCCCCCC)COC(=O)[C@H]([C@H](O)CCl)NC(=O)[C@H](C(O)C(=O)O)NC1=O. The standard InChI is InChI=1S/C51H87ClN12O18/c1-4-6-7-8-9-10-11-12-13-16-29(67)25-37(69)56-35-27-82-51(81)39(36(68)26-52)63-49(78)40(41(70)50(79)80)64-42(71)30(5-2)57-48(77)38(28(3)66)62-46(75)33(19-23-55)59-43(72)31(17-14-15-21-53)58-45(74)34(20-24-65)61-44(73)32(18-22-54)60-47(35)76/h5,24,28-29,31-36,38-41,66-68,70H,4,6-23,25-27,53-55H2,1-3H3,(H,56,69)(H,57,77)(H,58,74)(H,59,72)(H,60,76)(H,61,73)(H,62,75)(H,63,78)(H,64,71)(H,79,80)/b30-5+/t28-,29-,31-,32+,33-,34-,35-,36+,38-,39-,40-,41?/m0/s1. The number of esters is 1. The van der Waals surface area contributed by atoms with Crippen LogP contribution >= 0.6 is 11.6 Å². The molecule has 31 heteroatoms. The van der Waals surface area contributed by atoms with Crippen molar-refractivity contribution in [1.82, 2.24) is 47.9 Å². The zero-order valence-electron chi connectivity index (χ0n) is 46.8. The maximum Gasteiger partial charge on any atom is 0.335 e. The van der Waals surface area contributed by atoms with Crippen molar-refractivity contribution < 1.29 is 87.8 Å². The zero-order chi connectivity index (χ0) is 61.9. The van der Waals surface area contributed by atoms with Crippen LogP contribution in [0.2, 0.25) is 0 Å². The molecule has 1 fully saturated rings. The topological polar surface area (TPSA) is 502 Å². The van der Waals surface area contributed by atoms with Gasteiger partial charge in [-0.15, -0.1) is 11.6 Å². The summed E-state index contributed by atoms with van der Waals surface area (Å²) in [6, 6.07) is -15.2. The fourth-order valence-corrected chi connectivity index (χ4v) is 8.35. The highest BCUT2D eigenvalue weighted by Crippen LogP contribution is 2.14. The van der Waals surface area contributed by atoms with Crippen LogP contribution in [0.5, 0.6) is 0 Å². The molecule has 0 aliphatic carbocycles. The second kappa shape index (κ2) is 40.7. The van der Waals surface area contributed by atoms with Gasteiger partial charge >= 0.3 is 11.9 Å². The Balaban J connectivity index is 3.97. The Labute approximate surface area is 481 Å². The molecule has 1 aliphatic rings. The molecule has 1 saturated heterocycles. The molecule has 1 rings (SSSR count). The number of aldehydes is 1. The molecule has 0 spiro atoms. The number of amides is 9. The third kappa shape index (κ3) is 27.1. The number of rotatable bonds is 28. The van der Waals surface area contributed by atoms with E-state index in [2.05, 4.69) is 44.1 Å². The summed E-state index contributed by atoms with van der Waals surface area (Å²) in [5.41, 5.74) is 16.5. The van der Waals surface area contributed by atoms with E-state index in [0.29, 0.717) is 12.8 Å². The Morgan fingerprint density at radius 1 is 0.646 bits per heavy atom. The summed E-state index contributed by atoms with van der Waals surface area (Å²) < 4.78 is 5.29. The molecule has 466 valence electrons. The number of allylic oxidation sites excluding steroid dienone is 1. The Kier molecular flexibility index (Phi) is 36.6. The molecule has 1 heterocycles. The van der Waals surface area contributed by atoms with Crippen molar-refractivity contribution in [3.63, 3.8) is 0 Å². The summed E-state index contributed by atoms with van der Waals surface area (Å²) in [7, 11) is 0. The highest BCUT2D eigenvalue weighted by atomic mass is 35.5. The number of hydrogen-bond donors (Lipinski definition) is 17. The molecule has 12 atom stereocenters. The second-order valence-corrected chi connectivity index (χ2v) is 20.0. The third-order valence-corrected chi connectivity index (χ3v) is 13.2. The van der Waals surface area contributed by atoms with Crippen LogP contribution in [0.1, 0.15) is 130 Å². The summed E-state index contributed by atoms with van der Waals surface area (Å²) in [5, 5.41) is 72.7. The predicted octanol–water partition coefficient (Wildman–Crippen LogP) is -5.04. The van der Waals surface area contributed by atoms with Crippen LogP contribution in [-0.2, 0) is 62.3 Å². The van der Waals surface area contributed by atoms with Crippen molar-refractivity contribution in [3.05, 3.63) is 11.8 Å². The minimum atomic E-state index is -2.82. The van der Waals surface area contributed by atoms with Crippen LogP contribution in [0, 0.1) is 0 Å². The van der Waals surface area contributed by atoms with Crippen LogP contribution in [0.15, 0.2) is 11.8 Å². The Morgan fingerprint density at radius 3 is 1.67 bits per heavy atom. The lowest BCUT2D eigenvalue weighted by Gasteiger charge is -2.28. The van der Waals surface area contributed by atoms with Crippen LogP contribution in [-0.4, -0.2) is 202 Å². The van der Waals surface area contributed by atoms with Crippen molar-refractivity contribution >= 4 is 83.0 Å². The number of halogens is 1. The number of cyclic esters (lactones) is 1. The van der Waals surface area contributed by atoms with Crippen molar-refractivity contribution in [2.75, 3.05) is 32.1 Å². The molecular formula is C51H87ClN12O18. The smallest absolute Gasteiger partial charge is 0.335 e. The number of carbonyl (C=O) groups excluding carboxylic acids is 11. The van der Waals surface area contributed by atoms with E-state index in [1.54, 1.807) is 0 Å². The first-order chi connectivity index (χ1) is 38.9. The Hall–Kier alpha value is -6.41. The van der Waals surface area contributed by atoms with Crippen LogP contribution in [0.3, 0.4) is 0 Å². The lowest BCUT2D eigenvalue weighted by atomic mass is 10.0. The number of aliphatic carboxylic acids is 1. The summed E-state index contributed by atoms with van der Waals surface area (Å²) in [4.78, 5) is 162. The first-order valence-electron chi connectivity index (χ1n) is 27.6. The van der Waals surface area contributed by atoms with Crippen LogP contribution < -0.4 is 65.1 Å². The number of hydrogen-bond acceptors (Lipinski definition) is 20. The van der Waals surface area contributed by atoms with Crippen LogP contribution in [0.4, 0.5) is 0 Å². The van der Waals surface area contributed by atoms with Gasteiger partial charge in [0.15, 0.2) is 12.1 Å². The van der Waals surface area contributed by atoms with Gasteiger partial charge in [0.05, 0.1) is 30.6 Å². The molecule has 0 aromatic heterocycles. The number of carbonyl (C=O) groups is 12. The number of unbranched alkanes of at least 4 members (excludes halogenated alkanes) is 9. The average molecular weight is 1190 g/mol. The van der Waals surface area contributed by atoms with Gasteiger partial charge in [-0.25, -0.2) is 9.59 Å². The van der Waals surface area contributed by atoms with Gasteiger partial charge in [0.25, 0.3) is 5.91 Å². The molecule has 1 unspecified atom stereocenters. The highest BCUT2D eigenvalue weighted by molar-refractivity contribution is 6.18. The average Bonchev–Trinajstić information content (AvgIpc) is 3.43. The quantitative estimate of drug-likeness (QED) is 0.0115. The molecule has 0 radical (unpaired) electrons. The molecule has 0 bridgehead atoms. The van der Waals surface area contributed by atoms with Gasteiger partial charge in [-0.05, 0) is 72.0 Å². The lowest BCUT2D eigenvalue weighted by molar-refractivity contribution is -0.155. The highest BCUT2D eigenvalue weighted by Gasteiger charge is 2.40. The van der Waals surface area contributed by atoms with E-state index in [-0.39, 0.29) is 58.0 Å². The first kappa shape index (κ1) is 73.6. The fraction of sp³-hybridized carbons (Fsp3) is 0.725. The predicted molar refractivity (Wildman–Crippen MR) is 294 cm³/mol. The van der Waals surface area contributed by atoms with Crippen LogP contribution in [0.25, 0.3) is 0 Å². The van der Waals surface area contributed by atoms with Crippen molar-refractivity contribution in [1.29, 1.82) is 0 Å². The van der Waals surface area contributed by atoms with E-state index in [1.165, 1.54) is 6.92 Å². The van der Waals surface area contributed by atoms with Gasteiger partial charge in [0, 0.05) is 6.42 Å². The van der Waals surface area contributed by atoms with E-state index in [0.717, 1.165) is 64.4 Å². The van der Waals surface area contributed by atoms with Gasteiger partial charge < -0.3 is 100 Å². The molecule has 0 saturated carbocycles. The second-order valence-electron chi connectivity index (χ2n) is 19.7. The third-order valence-electron chi connectivity index (χ3n) is 12.9. The zero-order valence-corrected chi connectivity index (χ0v) is 47.5. The number of nitrogens with one attached hydrogen (secondary N) is 9. The molecule has 9 amide bonds. The molecule has 0 aromatic carbocycles. The fourth-order valence-electron chi connectivity index (χ4n) is 8.17. The molecule has 20 N–H and O–H groups in total. The van der Waals surface area contributed by atoms with E-state index in [9.17, 15) is 83.1 Å². The normalized spacial score (nSPS) is 24.7. The summed E-state index contributed by atoms with van der Waals surface area (Å²) >= 11 is 5.86. The van der Waals surface area contributed by atoms with E-state index < -0.39 is 169 Å². The van der Waals surface area contributed by atoms with Gasteiger partial charge in [-0.2, -0.15) is 0 Å². The number of carboxylic acids is 1. The molecular weight excluding hydrogens is 1100 g/mol. The summed E-state index contributed by atoms with van der Waals surface area (Å²) in [6.07, 6.45) is 0.808.